The van der Waals surface area contributed by atoms with E-state index in [1.807, 2.05) is 18.2 Å². The Balaban J connectivity index is 1.52. The van der Waals surface area contributed by atoms with Crippen molar-refractivity contribution in [2.24, 2.45) is 0 Å². The Hall–Kier alpha value is -2.66. The van der Waals surface area contributed by atoms with Crippen LogP contribution in [0, 0.1) is 5.82 Å². The van der Waals surface area contributed by atoms with E-state index in [0.717, 1.165) is 47.2 Å². The number of nitrogens with one attached hydrogen (secondary N) is 2. The quantitative estimate of drug-likeness (QED) is 0.687. The Labute approximate surface area is 157 Å². The van der Waals surface area contributed by atoms with Crippen molar-refractivity contribution in [3.05, 3.63) is 59.9 Å². The van der Waals surface area contributed by atoms with Gasteiger partial charge in [-0.1, -0.05) is 18.2 Å². The highest BCUT2D eigenvalue weighted by atomic mass is 19.1. The lowest BCUT2D eigenvalue weighted by Crippen LogP contribution is -2.31. The summed E-state index contributed by atoms with van der Waals surface area (Å²) in [7, 11) is 0. The highest BCUT2D eigenvalue weighted by Gasteiger charge is 2.17. The summed E-state index contributed by atoms with van der Waals surface area (Å²) in [6.07, 6.45) is 3.25. The van der Waals surface area contributed by atoms with Gasteiger partial charge in [0.2, 0.25) is 5.91 Å². The number of aromatic amines is 1. The molecule has 0 spiro atoms. The number of aryl methyl sites for hydroxylation is 1. The SMILES string of the molecule is O=C(CCc1c(-c2ccc(F)cc2)[nH]c2ccccc12)NC[C@@H]1CCCO1. The summed E-state index contributed by atoms with van der Waals surface area (Å²) >= 11 is 0. The molecule has 1 aliphatic rings. The number of H-pyrrole nitrogens is 1. The van der Waals surface area contributed by atoms with Crippen LogP contribution in [-0.4, -0.2) is 30.1 Å². The normalized spacial score (nSPS) is 16.7. The Bertz CT molecular complexity index is 927. The second-order valence-electron chi connectivity index (χ2n) is 6.97. The van der Waals surface area contributed by atoms with Crippen molar-refractivity contribution in [3.63, 3.8) is 0 Å². The Morgan fingerprint density at radius 1 is 1.19 bits per heavy atom. The first-order chi connectivity index (χ1) is 13.2. The molecule has 2 heterocycles. The molecule has 1 fully saturated rings. The van der Waals surface area contributed by atoms with E-state index in [1.54, 1.807) is 12.1 Å². The van der Waals surface area contributed by atoms with Crippen LogP contribution in [0.15, 0.2) is 48.5 Å². The fourth-order valence-electron chi connectivity index (χ4n) is 3.68. The van der Waals surface area contributed by atoms with Crippen LogP contribution < -0.4 is 5.32 Å². The van der Waals surface area contributed by atoms with Crippen LogP contribution in [0.5, 0.6) is 0 Å². The smallest absolute Gasteiger partial charge is 0.220 e. The van der Waals surface area contributed by atoms with E-state index in [2.05, 4.69) is 16.4 Å². The summed E-state index contributed by atoms with van der Waals surface area (Å²) in [6, 6.07) is 14.5. The second-order valence-corrected chi connectivity index (χ2v) is 6.97. The monoisotopic (exact) mass is 366 g/mol. The highest BCUT2D eigenvalue weighted by molar-refractivity contribution is 5.91. The van der Waals surface area contributed by atoms with Gasteiger partial charge in [0.05, 0.1) is 6.10 Å². The molecule has 0 aliphatic carbocycles. The minimum absolute atomic E-state index is 0.0286. The molecule has 4 nitrogen and oxygen atoms in total. The molecule has 3 aromatic rings. The first kappa shape index (κ1) is 17.7. The lowest BCUT2D eigenvalue weighted by atomic mass is 10.0. The molecule has 1 atom stereocenters. The fourth-order valence-corrected chi connectivity index (χ4v) is 3.68. The first-order valence-corrected chi connectivity index (χ1v) is 9.44. The number of para-hydroxylation sites is 1. The maximum Gasteiger partial charge on any atom is 0.220 e. The molecular weight excluding hydrogens is 343 g/mol. The van der Waals surface area contributed by atoms with Gasteiger partial charge in [0.1, 0.15) is 5.82 Å². The summed E-state index contributed by atoms with van der Waals surface area (Å²) in [6.45, 7) is 1.37. The van der Waals surface area contributed by atoms with Gasteiger partial charge in [0.25, 0.3) is 0 Å². The molecule has 140 valence electrons. The molecule has 5 heteroatoms. The van der Waals surface area contributed by atoms with Crippen molar-refractivity contribution >= 4 is 16.8 Å². The minimum Gasteiger partial charge on any atom is -0.376 e. The zero-order chi connectivity index (χ0) is 18.6. The van der Waals surface area contributed by atoms with Crippen LogP contribution >= 0.6 is 0 Å². The molecule has 2 N–H and O–H groups in total. The number of aromatic nitrogens is 1. The Kier molecular flexibility index (Phi) is 5.21. The molecular formula is C22H23FN2O2. The van der Waals surface area contributed by atoms with Gasteiger partial charge in [0.15, 0.2) is 0 Å². The predicted molar refractivity (Wildman–Crippen MR) is 104 cm³/mol. The second kappa shape index (κ2) is 7.92. The topological polar surface area (TPSA) is 54.1 Å². The number of benzene rings is 2. The number of hydrogen-bond donors (Lipinski definition) is 2. The van der Waals surface area contributed by atoms with E-state index in [1.165, 1.54) is 12.1 Å². The maximum atomic E-state index is 13.3. The molecule has 1 aliphatic heterocycles. The number of hydrogen-bond acceptors (Lipinski definition) is 2. The molecule has 2 aromatic carbocycles. The summed E-state index contributed by atoms with van der Waals surface area (Å²) < 4.78 is 18.8. The first-order valence-electron chi connectivity index (χ1n) is 9.44. The number of halogens is 1. The van der Waals surface area contributed by atoms with Crippen LogP contribution in [0.25, 0.3) is 22.2 Å². The van der Waals surface area contributed by atoms with E-state index in [-0.39, 0.29) is 17.8 Å². The highest BCUT2D eigenvalue weighted by Crippen LogP contribution is 2.31. The van der Waals surface area contributed by atoms with Crippen molar-refractivity contribution in [1.82, 2.24) is 10.3 Å². The van der Waals surface area contributed by atoms with E-state index < -0.39 is 0 Å². The summed E-state index contributed by atoms with van der Waals surface area (Å²) in [5, 5.41) is 4.08. The molecule has 1 aromatic heterocycles. The molecule has 0 bridgehead atoms. The predicted octanol–water partition coefficient (Wildman–Crippen LogP) is 4.20. The lowest BCUT2D eigenvalue weighted by Gasteiger charge is -2.11. The maximum absolute atomic E-state index is 13.3. The zero-order valence-electron chi connectivity index (χ0n) is 15.1. The van der Waals surface area contributed by atoms with Gasteiger partial charge in [-0.3, -0.25) is 4.79 Å². The van der Waals surface area contributed by atoms with E-state index in [4.69, 9.17) is 4.74 Å². The number of rotatable bonds is 6. The fraction of sp³-hybridized carbons (Fsp3) is 0.318. The molecule has 4 rings (SSSR count). The number of carbonyl (C=O) groups excluding carboxylic acids is 1. The number of amides is 1. The van der Waals surface area contributed by atoms with Crippen LogP contribution in [0.4, 0.5) is 4.39 Å². The van der Waals surface area contributed by atoms with Gasteiger partial charge in [-0.2, -0.15) is 0 Å². The van der Waals surface area contributed by atoms with Crippen molar-refractivity contribution < 1.29 is 13.9 Å². The molecule has 27 heavy (non-hydrogen) atoms. The third-order valence-corrected chi connectivity index (χ3v) is 5.10. The molecule has 0 unspecified atom stereocenters. The van der Waals surface area contributed by atoms with Gasteiger partial charge in [-0.25, -0.2) is 4.39 Å². The number of ether oxygens (including phenoxy) is 1. The van der Waals surface area contributed by atoms with Gasteiger partial charge < -0.3 is 15.0 Å². The van der Waals surface area contributed by atoms with Gasteiger partial charge in [0, 0.05) is 36.2 Å². The van der Waals surface area contributed by atoms with Gasteiger partial charge in [-0.05, 0) is 60.7 Å². The number of carbonyl (C=O) groups is 1. The van der Waals surface area contributed by atoms with Crippen LogP contribution in [0.2, 0.25) is 0 Å². The Morgan fingerprint density at radius 2 is 2.00 bits per heavy atom. The van der Waals surface area contributed by atoms with E-state index >= 15 is 0 Å². The van der Waals surface area contributed by atoms with E-state index in [0.29, 0.717) is 19.4 Å². The summed E-state index contributed by atoms with van der Waals surface area (Å²) in [4.78, 5) is 15.7. The summed E-state index contributed by atoms with van der Waals surface area (Å²) in [5.41, 5.74) is 3.97. The Morgan fingerprint density at radius 3 is 2.78 bits per heavy atom. The minimum atomic E-state index is -0.259. The van der Waals surface area contributed by atoms with Crippen molar-refractivity contribution in [2.45, 2.75) is 31.8 Å². The van der Waals surface area contributed by atoms with Gasteiger partial charge >= 0.3 is 0 Å². The molecule has 1 saturated heterocycles. The third-order valence-electron chi connectivity index (χ3n) is 5.10. The van der Waals surface area contributed by atoms with Crippen LogP contribution in [-0.2, 0) is 16.0 Å². The number of fused-ring (bicyclic) bond motifs is 1. The average Bonchev–Trinajstić information content (AvgIpc) is 3.33. The van der Waals surface area contributed by atoms with Gasteiger partial charge in [-0.15, -0.1) is 0 Å². The lowest BCUT2D eigenvalue weighted by molar-refractivity contribution is -0.121. The van der Waals surface area contributed by atoms with Crippen molar-refractivity contribution in [2.75, 3.05) is 13.2 Å². The summed E-state index contributed by atoms with van der Waals surface area (Å²) in [5.74, 6) is -0.231. The largest absolute Gasteiger partial charge is 0.376 e. The van der Waals surface area contributed by atoms with Crippen molar-refractivity contribution in [3.8, 4) is 11.3 Å². The molecule has 1 amide bonds. The van der Waals surface area contributed by atoms with Crippen LogP contribution in [0.3, 0.4) is 0 Å². The van der Waals surface area contributed by atoms with Crippen LogP contribution in [0.1, 0.15) is 24.8 Å². The molecule has 0 radical (unpaired) electrons. The van der Waals surface area contributed by atoms with Crippen molar-refractivity contribution in [1.29, 1.82) is 0 Å². The van der Waals surface area contributed by atoms with E-state index in [9.17, 15) is 9.18 Å². The molecule has 0 saturated carbocycles. The standard InChI is InChI=1S/C22H23FN2O2/c23-16-9-7-15(8-10-16)22-19(18-5-1-2-6-20(18)25-22)11-12-21(26)24-14-17-4-3-13-27-17/h1-2,5-10,17,25H,3-4,11-14H2,(H,24,26)/t17-/m0/s1. The zero-order valence-corrected chi connectivity index (χ0v) is 15.1. The average molecular weight is 366 g/mol. The third kappa shape index (κ3) is 4.03.